The van der Waals surface area contributed by atoms with Gasteiger partial charge in [0.1, 0.15) is 36.5 Å². The van der Waals surface area contributed by atoms with E-state index in [-0.39, 0.29) is 30.1 Å². The summed E-state index contributed by atoms with van der Waals surface area (Å²) in [6.07, 6.45) is -0.177. The van der Waals surface area contributed by atoms with Crippen molar-refractivity contribution in [1.82, 2.24) is 25.4 Å². The highest BCUT2D eigenvalue weighted by Crippen LogP contribution is 2.39. The minimum Gasteiger partial charge on any atom is -0.444 e. The number of anilines is 1. The van der Waals surface area contributed by atoms with E-state index in [2.05, 4.69) is 32.5 Å². The molecule has 1 aromatic carbocycles. The van der Waals surface area contributed by atoms with E-state index in [1.165, 1.54) is 35.5 Å². The number of benzene rings is 1. The van der Waals surface area contributed by atoms with Crippen molar-refractivity contribution in [2.24, 2.45) is 4.99 Å². The summed E-state index contributed by atoms with van der Waals surface area (Å²) >= 11 is 0. The molecular weight excluding hydrogens is 648 g/mol. The zero-order chi connectivity index (χ0) is 35.3. The van der Waals surface area contributed by atoms with Crippen molar-refractivity contribution in [2.75, 3.05) is 18.5 Å². The molecule has 49 heavy (non-hydrogen) atoms. The maximum atomic E-state index is 14.5. The quantitative estimate of drug-likeness (QED) is 0.258. The molecule has 3 aliphatic heterocycles. The highest BCUT2D eigenvalue weighted by atomic mass is 19.3. The predicted octanol–water partition coefficient (Wildman–Crippen LogP) is 1.47. The lowest BCUT2D eigenvalue weighted by Crippen LogP contribution is -2.51. The number of hydrogen-bond acceptors (Lipinski definition) is 11. The van der Waals surface area contributed by atoms with Crippen molar-refractivity contribution < 1.29 is 47.6 Å². The van der Waals surface area contributed by atoms with Gasteiger partial charge in [-0.25, -0.2) is 9.79 Å². The number of aliphatic imine (C=N–C) groups is 1. The normalized spacial score (nSPS) is 23.4. The number of carbonyl (C=O) groups excluding carboxylic acids is 4. The minimum atomic E-state index is -3.73. The topological polar surface area (TPSA) is 195 Å². The summed E-state index contributed by atoms with van der Waals surface area (Å²) in [5, 5.41) is 26.8. The number of ether oxygens (including phenoxy) is 2. The number of halogens is 2. The van der Waals surface area contributed by atoms with Crippen molar-refractivity contribution in [3.8, 4) is 0 Å². The number of amides is 4. The lowest BCUT2D eigenvalue weighted by Gasteiger charge is -2.32. The van der Waals surface area contributed by atoms with Gasteiger partial charge in [0.25, 0.3) is 5.91 Å². The van der Waals surface area contributed by atoms with Gasteiger partial charge < -0.3 is 40.1 Å². The second kappa shape index (κ2) is 14.9. The molecule has 0 radical (unpaired) electrons. The summed E-state index contributed by atoms with van der Waals surface area (Å²) in [7, 11) is 0. The summed E-state index contributed by atoms with van der Waals surface area (Å²) in [6, 6.07) is 7.98. The molecule has 2 fully saturated rings. The molecule has 4 amide bonds. The van der Waals surface area contributed by atoms with Crippen LogP contribution in [0.15, 0.2) is 78.5 Å². The van der Waals surface area contributed by atoms with Gasteiger partial charge in [-0.2, -0.15) is 8.78 Å². The zero-order valence-electron chi connectivity index (χ0n) is 26.3. The fourth-order valence-corrected chi connectivity index (χ4v) is 5.47. The van der Waals surface area contributed by atoms with E-state index in [1.807, 2.05) is 0 Å². The highest BCUT2D eigenvalue weighted by molar-refractivity contribution is 6.03. The average Bonchev–Trinajstić information content (AvgIpc) is 3.67. The van der Waals surface area contributed by atoms with Crippen LogP contribution in [-0.2, 0) is 25.7 Å². The predicted molar refractivity (Wildman–Crippen MR) is 169 cm³/mol. The molecule has 0 saturated carbocycles. The molecule has 4 heterocycles. The van der Waals surface area contributed by atoms with Crippen LogP contribution in [0.1, 0.15) is 35.7 Å². The van der Waals surface area contributed by atoms with Gasteiger partial charge in [0.15, 0.2) is 6.10 Å². The maximum absolute atomic E-state index is 14.5. The molecule has 0 aliphatic carbocycles. The van der Waals surface area contributed by atoms with E-state index in [4.69, 9.17) is 9.47 Å². The van der Waals surface area contributed by atoms with Gasteiger partial charge in [-0.15, -0.1) is 0 Å². The van der Waals surface area contributed by atoms with Crippen LogP contribution in [0.4, 0.5) is 19.3 Å². The third-order valence-electron chi connectivity index (χ3n) is 8.07. The van der Waals surface area contributed by atoms with Crippen molar-refractivity contribution in [3.63, 3.8) is 0 Å². The largest absolute Gasteiger partial charge is 0.444 e. The number of nitrogens with one attached hydrogen (secondary N) is 3. The Bertz CT molecular complexity index is 1640. The first-order valence-electron chi connectivity index (χ1n) is 15.3. The molecule has 260 valence electrons. The van der Waals surface area contributed by atoms with E-state index in [0.29, 0.717) is 36.2 Å². The second-order valence-electron chi connectivity index (χ2n) is 11.5. The molecule has 2 aromatic rings. The number of rotatable bonds is 9. The number of aliphatic hydroxyl groups excluding tert-OH is 2. The lowest BCUT2D eigenvalue weighted by molar-refractivity contribution is -0.148. The summed E-state index contributed by atoms with van der Waals surface area (Å²) < 4.78 is 39.3. The Kier molecular flexibility index (Phi) is 10.6. The summed E-state index contributed by atoms with van der Waals surface area (Å²) in [4.78, 5) is 61.3. The number of carbonyl (C=O) groups is 4. The fraction of sp³-hybridized carbons (Fsp3) is 0.375. The molecule has 0 spiro atoms. The van der Waals surface area contributed by atoms with Crippen LogP contribution in [0.5, 0.6) is 0 Å². The van der Waals surface area contributed by atoms with Crippen LogP contribution in [0.25, 0.3) is 0 Å². The van der Waals surface area contributed by atoms with Gasteiger partial charge in [-0.3, -0.25) is 24.7 Å². The lowest BCUT2D eigenvalue weighted by atomic mass is 10.1. The first-order chi connectivity index (χ1) is 23.4. The number of alkyl halides is 2. The Labute approximate surface area is 279 Å². The summed E-state index contributed by atoms with van der Waals surface area (Å²) in [6.45, 7) is 4.58. The molecule has 5 atom stereocenters. The Hall–Kier alpha value is -5.26. The number of hydrogen-bond donors (Lipinski definition) is 5. The molecule has 17 heteroatoms. The van der Waals surface area contributed by atoms with Crippen LogP contribution >= 0.6 is 0 Å². The average molecular weight is 684 g/mol. The van der Waals surface area contributed by atoms with E-state index >= 15 is 0 Å². The number of alkyl carbamates (subject to hydrolysis) is 1. The Morgan fingerprint density at radius 3 is 2.51 bits per heavy atom. The van der Waals surface area contributed by atoms with Crippen LogP contribution in [0.2, 0.25) is 0 Å². The minimum absolute atomic E-state index is 0.0464. The summed E-state index contributed by atoms with van der Waals surface area (Å²) in [5.74, 6) is -5.16. The molecule has 0 bridgehead atoms. The number of likely N-dealkylation sites (tertiary alicyclic amines) is 1. The Morgan fingerprint density at radius 1 is 1.14 bits per heavy atom. The standard InChI is InChI=1S/C32H35F2N7O8/c1-18(36-27(44)21-9-12-35-13-10-21)29(46)41-14-3-4-23(41)28(45)38-22-7-5-20(6-8-22)17-48-31(47)39-25-11-15-40(19(2)37-25)30-32(33,34)26(43)24(16-42)49-30/h5-13,15,18,23-24,26,30,42-43H,2-4,14,16-17H2,1H3,(H,36,44)(H,38,45)(H,37,39,47)/t18-,23+,24?,26?,30?/m1/s1. The number of amidine groups is 1. The van der Waals surface area contributed by atoms with Gasteiger partial charge >= 0.3 is 12.0 Å². The highest BCUT2D eigenvalue weighted by Gasteiger charge is 2.60. The molecular formula is C32H35F2N7O8. The number of pyridine rings is 1. The van der Waals surface area contributed by atoms with Crippen molar-refractivity contribution in [2.45, 2.75) is 62.8 Å². The Morgan fingerprint density at radius 2 is 1.86 bits per heavy atom. The smallest absolute Gasteiger partial charge is 0.413 e. The van der Waals surface area contributed by atoms with Gasteiger partial charge in [-0.05, 0) is 55.7 Å². The van der Waals surface area contributed by atoms with Gasteiger partial charge in [0.2, 0.25) is 18.0 Å². The van der Waals surface area contributed by atoms with E-state index in [0.717, 1.165) is 11.1 Å². The van der Waals surface area contributed by atoms with Gasteiger partial charge in [-0.1, -0.05) is 18.7 Å². The molecule has 15 nitrogen and oxygen atoms in total. The Balaban J connectivity index is 1.08. The van der Waals surface area contributed by atoms with E-state index in [1.54, 1.807) is 31.2 Å². The molecule has 5 rings (SSSR count). The van der Waals surface area contributed by atoms with Crippen LogP contribution in [-0.4, -0.2) is 104 Å². The number of aliphatic hydroxyl groups is 2. The van der Waals surface area contributed by atoms with Crippen molar-refractivity contribution in [3.05, 3.63) is 84.6 Å². The van der Waals surface area contributed by atoms with E-state index in [9.17, 15) is 38.2 Å². The molecule has 3 aliphatic rings. The van der Waals surface area contributed by atoms with Crippen LogP contribution in [0.3, 0.4) is 0 Å². The van der Waals surface area contributed by atoms with Gasteiger partial charge in [0.05, 0.1) is 6.61 Å². The molecule has 2 saturated heterocycles. The van der Waals surface area contributed by atoms with Crippen LogP contribution in [0, 0.1) is 0 Å². The zero-order valence-corrected chi connectivity index (χ0v) is 26.3. The van der Waals surface area contributed by atoms with Crippen LogP contribution < -0.4 is 16.0 Å². The second-order valence-corrected chi connectivity index (χ2v) is 11.5. The maximum Gasteiger partial charge on any atom is 0.413 e. The summed E-state index contributed by atoms with van der Waals surface area (Å²) in [5.41, 5.74) is 1.40. The van der Waals surface area contributed by atoms with Crippen molar-refractivity contribution >= 4 is 35.3 Å². The van der Waals surface area contributed by atoms with Crippen molar-refractivity contribution in [1.29, 1.82) is 0 Å². The number of nitrogens with zero attached hydrogens (tertiary/aromatic N) is 4. The monoisotopic (exact) mass is 683 g/mol. The first-order valence-corrected chi connectivity index (χ1v) is 15.3. The number of aromatic nitrogens is 1. The SMILES string of the molecule is C=C1N=C(NC(=O)OCc2ccc(NC(=O)[C@@H]3CCCN3C(=O)[C@@H](C)NC(=O)c3ccncc3)cc2)C=CN1C1OC(CO)C(O)C1(F)F. The third kappa shape index (κ3) is 7.90. The molecule has 3 unspecified atom stereocenters. The van der Waals surface area contributed by atoms with E-state index < -0.39 is 55.0 Å². The molecule has 5 N–H and O–H groups in total. The van der Waals surface area contributed by atoms with Gasteiger partial charge in [0, 0.05) is 36.4 Å². The first kappa shape index (κ1) is 35.1. The molecule has 1 aromatic heterocycles. The fourth-order valence-electron chi connectivity index (χ4n) is 5.47. The third-order valence-corrected chi connectivity index (χ3v) is 8.07.